The lowest BCUT2D eigenvalue weighted by molar-refractivity contribution is -0.204. The smallest absolute Gasteiger partial charge is 0.442 e. The molecule has 1 aromatic rings. The van der Waals surface area contributed by atoms with Gasteiger partial charge in [0.25, 0.3) is 0 Å². The topological polar surface area (TPSA) is 76.7 Å². The fourth-order valence-corrected chi connectivity index (χ4v) is 1.86. The molecular formula is C15H19F3N2O4. The summed E-state index contributed by atoms with van der Waals surface area (Å²) < 4.78 is 50.0. The zero-order chi connectivity index (χ0) is 18.5. The number of methoxy groups -OCH3 is 1. The number of carbonyl (C=O) groups excluding carboxylic acids is 2. The molecular weight excluding hydrogens is 329 g/mol. The van der Waals surface area contributed by atoms with Crippen LogP contribution < -0.4 is 10.6 Å². The molecule has 1 atom stereocenters. The molecule has 1 aromatic carbocycles. The van der Waals surface area contributed by atoms with Gasteiger partial charge in [-0.1, -0.05) is 18.2 Å². The molecule has 0 aliphatic rings. The highest BCUT2D eigenvalue weighted by molar-refractivity contribution is 5.89. The van der Waals surface area contributed by atoms with Crippen LogP contribution in [0.25, 0.3) is 0 Å². The number of amides is 1. The van der Waals surface area contributed by atoms with Gasteiger partial charge in [0.1, 0.15) is 0 Å². The fourth-order valence-electron chi connectivity index (χ4n) is 1.86. The third kappa shape index (κ3) is 4.30. The Balaban J connectivity index is 3.34. The zero-order valence-electron chi connectivity index (χ0n) is 13.7. The first-order valence-corrected chi connectivity index (χ1v) is 7.01. The number of esters is 1. The van der Waals surface area contributed by atoms with Crippen LogP contribution in [0.3, 0.4) is 0 Å². The van der Waals surface area contributed by atoms with Crippen LogP contribution in [0, 0.1) is 6.92 Å². The molecule has 0 bridgehead atoms. The van der Waals surface area contributed by atoms with Crippen LogP contribution >= 0.6 is 0 Å². The number of ether oxygens (including phenoxy) is 2. The summed E-state index contributed by atoms with van der Waals surface area (Å²) in [6.07, 6.45) is -7.28. The Kier molecular flexibility index (Phi) is 6.05. The van der Waals surface area contributed by atoms with Crippen molar-refractivity contribution in [3.05, 3.63) is 29.8 Å². The van der Waals surface area contributed by atoms with E-state index >= 15 is 0 Å². The van der Waals surface area contributed by atoms with Gasteiger partial charge < -0.3 is 14.8 Å². The lowest BCUT2D eigenvalue weighted by atomic mass is 10.1. The fraction of sp³-hybridized carbons (Fsp3) is 0.467. The normalized spacial score (nSPS) is 13.8. The number of rotatable bonds is 5. The number of benzene rings is 1. The minimum Gasteiger partial charge on any atom is -0.466 e. The molecule has 1 unspecified atom stereocenters. The molecule has 1 rings (SSSR count). The third-order valence-electron chi connectivity index (χ3n) is 3.02. The second-order valence-corrected chi connectivity index (χ2v) is 5.26. The number of para-hydroxylation sites is 1. The summed E-state index contributed by atoms with van der Waals surface area (Å²) in [4.78, 5) is 23.7. The maximum Gasteiger partial charge on any atom is 0.442 e. The summed E-state index contributed by atoms with van der Waals surface area (Å²) in [5, 5.41) is 3.60. The quantitative estimate of drug-likeness (QED) is 0.632. The van der Waals surface area contributed by atoms with Crippen LogP contribution in [0.5, 0.6) is 0 Å². The van der Waals surface area contributed by atoms with E-state index in [9.17, 15) is 22.8 Å². The van der Waals surface area contributed by atoms with Crippen molar-refractivity contribution in [2.45, 2.75) is 38.7 Å². The third-order valence-corrected chi connectivity index (χ3v) is 3.02. The van der Waals surface area contributed by atoms with Crippen molar-refractivity contribution in [1.29, 1.82) is 0 Å². The van der Waals surface area contributed by atoms with Crippen molar-refractivity contribution in [2.75, 3.05) is 12.4 Å². The Morgan fingerprint density at radius 1 is 1.17 bits per heavy atom. The van der Waals surface area contributed by atoms with Gasteiger partial charge in [-0.2, -0.15) is 13.2 Å². The van der Waals surface area contributed by atoms with E-state index in [1.807, 2.05) is 5.32 Å². The average molecular weight is 348 g/mol. The van der Waals surface area contributed by atoms with Gasteiger partial charge in [0, 0.05) is 5.69 Å². The van der Waals surface area contributed by atoms with E-state index in [-0.39, 0.29) is 5.69 Å². The van der Waals surface area contributed by atoms with Gasteiger partial charge in [-0.3, -0.25) is 5.32 Å². The van der Waals surface area contributed by atoms with Gasteiger partial charge in [-0.15, -0.1) is 0 Å². The van der Waals surface area contributed by atoms with Crippen molar-refractivity contribution in [3.8, 4) is 0 Å². The van der Waals surface area contributed by atoms with Crippen molar-refractivity contribution >= 4 is 17.7 Å². The molecule has 0 saturated heterocycles. The Bertz CT molecular complexity index is 605. The minimum absolute atomic E-state index is 0.00470. The van der Waals surface area contributed by atoms with Crippen LogP contribution in [0.4, 0.5) is 23.7 Å². The summed E-state index contributed by atoms with van der Waals surface area (Å²) in [7, 11) is 0.789. The van der Waals surface area contributed by atoms with Gasteiger partial charge >= 0.3 is 23.9 Å². The summed E-state index contributed by atoms with van der Waals surface area (Å²) in [6.45, 7) is 4.47. The van der Waals surface area contributed by atoms with E-state index < -0.39 is 30.0 Å². The number of nitrogens with one attached hydrogen (secondary N) is 2. The van der Waals surface area contributed by atoms with Gasteiger partial charge in [0.15, 0.2) is 0 Å². The molecule has 0 heterocycles. The van der Waals surface area contributed by atoms with E-state index in [0.29, 0.717) is 5.56 Å². The Morgan fingerprint density at radius 2 is 1.75 bits per heavy atom. The number of alkyl halides is 3. The molecule has 1 amide bonds. The molecule has 0 saturated carbocycles. The van der Waals surface area contributed by atoms with E-state index in [1.165, 1.54) is 26.0 Å². The van der Waals surface area contributed by atoms with E-state index in [1.54, 1.807) is 24.4 Å². The van der Waals surface area contributed by atoms with Crippen LogP contribution in [-0.2, 0) is 14.3 Å². The molecule has 0 radical (unpaired) electrons. The number of carbonyl (C=O) groups is 2. The van der Waals surface area contributed by atoms with E-state index in [4.69, 9.17) is 0 Å². The van der Waals surface area contributed by atoms with Gasteiger partial charge in [0.2, 0.25) is 0 Å². The van der Waals surface area contributed by atoms with Crippen molar-refractivity contribution in [3.63, 3.8) is 0 Å². The van der Waals surface area contributed by atoms with Crippen molar-refractivity contribution in [2.24, 2.45) is 0 Å². The highest BCUT2D eigenvalue weighted by atomic mass is 19.4. The largest absolute Gasteiger partial charge is 0.466 e. The van der Waals surface area contributed by atoms with Crippen LogP contribution in [0.15, 0.2) is 24.3 Å². The first-order valence-electron chi connectivity index (χ1n) is 7.01. The summed E-state index contributed by atoms with van der Waals surface area (Å²) in [6, 6.07) is 6.00. The number of halogens is 3. The summed E-state index contributed by atoms with van der Waals surface area (Å²) >= 11 is 0. The molecule has 0 fully saturated rings. The average Bonchev–Trinajstić information content (AvgIpc) is 2.45. The van der Waals surface area contributed by atoms with Gasteiger partial charge in [-0.25, -0.2) is 9.59 Å². The molecule has 134 valence electrons. The molecule has 0 aliphatic carbocycles. The molecule has 6 nitrogen and oxygen atoms in total. The predicted molar refractivity (Wildman–Crippen MR) is 80.4 cm³/mol. The number of hydrogen-bond donors (Lipinski definition) is 2. The summed E-state index contributed by atoms with van der Waals surface area (Å²) in [5.74, 6) is -1.72. The Morgan fingerprint density at radius 3 is 2.21 bits per heavy atom. The van der Waals surface area contributed by atoms with E-state index in [2.05, 4.69) is 9.47 Å². The number of hydrogen-bond acceptors (Lipinski definition) is 5. The molecule has 0 aliphatic heterocycles. The highest BCUT2D eigenvalue weighted by Gasteiger charge is 2.64. The van der Waals surface area contributed by atoms with Crippen molar-refractivity contribution < 1.29 is 32.2 Å². The second-order valence-electron chi connectivity index (χ2n) is 5.26. The van der Waals surface area contributed by atoms with Gasteiger partial charge in [-0.05, 0) is 32.4 Å². The number of anilines is 1. The first-order chi connectivity index (χ1) is 11.0. The second kappa shape index (κ2) is 7.41. The maximum absolute atomic E-state index is 13.7. The monoisotopic (exact) mass is 348 g/mol. The Hall–Kier alpha value is -2.45. The summed E-state index contributed by atoms with van der Waals surface area (Å²) in [5.41, 5.74) is -3.04. The molecule has 9 heteroatoms. The number of alkyl carbamates (subject to hydrolysis) is 1. The molecule has 24 heavy (non-hydrogen) atoms. The maximum atomic E-state index is 13.7. The predicted octanol–water partition coefficient (Wildman–Crippen LogP) is 2.97. The standard InChI is InChI=1S/C15H19F3N2O4/c1-9(2)24-13(22)20-14(12(21)23-4,15(16,17)18)19-11-8-6-5-7-10(11)3/h5-9,19H,1-4H3,(H,20,22). The Labute approximate surface area is 137 Å². The SMILES string of the molecule is COC(=O)C(NC(=O)OC(C)C)(Nc1ccccc1C)C(F)(F)F. The molecule has 2 N–H and O–H groups in total. The van der Waals surface area contributed by atoms with E-state index in [0.717, 1.165) is 7.11 Å². The van der Waals surface area contributed by atoms with Crippen LogP contribution in [-0.4, -0.2) is 37.1 Å². The highest BCUT2D eigenvalue weighted by Crippen LogP contribution is 2.34. The molecule has 0 aromatic heterocycles. The lowest BCUT2D eigenvalue weighted by Crippen LogP contribution is -2.69. The first kappa shape index (κ1) is 19.6. The van der Waals surface area contributed by atoms with Crippen LogP contribution in [0.2, 0.25) is 0 Å². The minimum atomic E-state index is -5.20. The van der Waals surface area contributed by atoms with Crippen molar-refractivity contribution in [1.82, 2.24) is 5.32 Å². The van der Waals surface area contributed by atoms with Gasteiger partial charge in [0.05, 0.1) is 13.2 Å². The van der Waals surface area contributed by atoms with Crippen LogP contribution in [0.1, 0.15) is 19.4 Å². The lowest BCUT2D eigenvalue weighted by Gasteiger charge is -2.35. The molecule has 0 spiro atoms. The zero-order valence-corrected chi connectivity index (χ0v) is 13.7. The number of aryl methyl sites for hydroxylation is 1.